The van der Waals surface area contributed by atoms with Gasteiger partial charge >= 0.3 is 0 Å². The average Bonchev–Trinajstić information content (AvgIpc) is 2.84. The van der Waals surface area contributed by atoms with E-state index in [2.05, 4.69) is 29.2 Å². The van der Waals surface area contributed by atoms with Gasteiger partial charge in [0.15, 0.2) is 5.65 Å². The molecule has 0 aromatic carbocycles. The molecule has 0 radical (unpaired) electrons. The maximum absolute atomic E-state index is 10.6. The maximum atomic E-state index is 10.6. The van der Waals surface area contributed by atoms with E-state index in [0.717, 1.165) is 31.3 Å². The van der Waals surface area contributed by atoms with Crippen LogP contribution in [0, 0.1) is 5.41 Å². The lowest BCUT2D eigenvalue weighted by atomic mass is 9.71. The van der Waals surface area contributed by atoms with Gasteiger partial charge in [-0.1, -0.05) is 19.9 Å². The Kier molecular flexibility index (Phi) is 3.17. The molecule has 2 N–H and O–H groups in total. The lowest BCUT2D eigenvalue weighted by molar-refractivity contribution is -0.0146. The first-order chi connectivity index (χ1) is 9.46. The highest BCUT2D eigenvalue weighted by atomic mass is 16.3. The van der Waals surface area contributed by atoms with Crippen molar-refractivity contribution in [2.45, 2.75) is 45.1 Å². The second kappa shape index (κ2) is 4.74. The zero-order valence-corrected chi connectivity index (χ0v) is 12.1. The Morgan fingerprint density at radius 3 is 2.70 bits per heavy atom. The summed E-state index contributed by atoms with van der Waals surface area (Å²) in [6.07, 6.45) is 5.65. The van der Waals surface area contributed by atoms with Gasteiger partial charge in [-0.05, 0) is 43.2 Å². The molecule has 3 rings (SSSR count). The van der Waals surface area contributed by atoms with Crippen molar-refractivity contribution in [3.8, 4) is 0 Å². The molecule has 0 bridgehead atoms. The van der Waals surface area contributed by atoms with Crippen molar-refractivity contribution in [3.63, 3.8) is 0 Å². The van der Waals surface area contributed by atoms with Crippen molar-refractivity contribution < 1.29 is 5.11 Å². The van der Waals surface area contributed by atoms with E-state index in [-0.39, 0.29) is 0 Å². The Balaban J connectivity index is 1.64. The van der Waals surface area contributed by atoms with Gasteiger partial charge in [0, 0.05) is 12.7 Å². The summed E-state index contributed by atoms with van der Waals surface area (Å²) in [5.74, 6) is 0.578. The number of pyridine rings is 1. The Labute approximate surface area is 119 Å². The predicted molar refractivity (Wildman–Crippen MR) is 78.7 cm³/mol. The normalized spacial score (nSPS) is 20.9. The molecule has 5 nitrogen and oxygen atoms in total. The van der Waals surface area contributed by atoms with Gasteiger partial charge < -0.3 is 10.4 Å². The molecule has 5 heteroatoms. The molecule has 1 aliphatic rings. The van der Waals surface area contributed by atoms with Crippen LogP contribution in [-0.2, 0) is 0 Å². The van der Waals surface area contributed by atoms with Crippen LogP contribution in [0.5, 0.6) is 0 Å². The molecule has 0 amide bonds. The first-order valence-corrected chi connectivity index (χ1v) is 7.24. The van der Waals surface area contributed by atoms with Crippen LogP contribution in [0.2, 0.25) is 0 Å². The van der Waals surface area contributed by atoms with E-state index in [1.165, 1.54) is 0 Å². The predicted octanol–water partition coefficient (Wildman–Crippen LogP) is 2.47. The third-order valence-electron chi connectivity index (χ3n) is 4.35. The fourth-order valence-corrected chi connectivity index (χ4v) is 2.72. The Hall–Kier alpha value is -1.62. The number of fused-ring (bicyclic) bond motifs is 1. The summed E-state index contributed by atoms with van der Waals surface area (Å²) in [5, 5.41) is 18.1. The zero-order chi connectivity index (χ0) is 14.2. The van der Waals surface area contributed by atoms with E-state index in [9.17, 15) is 5.11 Å². The van der Waals surface area contributed by atoms with Crippen LogP contribution in [0.1, 0.15) is 39.5 Å². The molecule has 1 aliphatic carbocycles. The molecular weight excluding hydrogens is 252 g/mol. The summed E-state index contributed by atoms with van der Waals surface area (Å²) in [6.45, 7) is 5.05. The van der Waals surface area contributed by atoms with Crippen LogP contribution in [0.3, 0.4) is 0 Å². The summed E-state index contributed by atoms with van der Waals surface area (Å²) in [5.41, 5.74) is 0.535. The first-order valence-electron chi connectivity index (χ1n) is 7.24. The van der Waals surface area contributed by atoms with Gasteiger partial charge in [0.1, 0.15) is 0 Å². The van der Waals surface area contributed by atoms with Crippen molar-refractivity contribution in [1.29, 1.82) is 0 Å². The van der Waals surface area contributed by atoms with Crippen LogP contribution < -0.4 is 5.32 Å². The topological polar surface area (TPSA) is 62.5 Å². The minimum absolute atomic E-state index is 0.355. The van der Waals surface area contributed by atoms with Crippen molar-refractivity contribution >= 4 is 11.6 Å². The zero-order valence-electron chi connectivity index (χ0n) is 12.1. The van der Waals surface area contributed by atoms with E-state index in [4.69, 9.17) is 0 Å². The minimum atomic E-state index is -0.632. The van der Waals surface area contributed by atoms with E-state index >= 15 is 0 Å². The van der Waals surface area contributed by atoms with Crippen molar-refractivity contribution in [2.24, 2.45) is 5.41 Å². The molecule has 0 saturated heterocycles. The van der Waals surface area contributed by atoms with Crippen LogP contribution in [-0.4, -0.2) is 31.9 Å². The molecule has 2 aromatic heterocycles. The maximum Gasteiger partial charge on any atom is 0.243 e. The molecule has 0 aliphatic heterocycles. The molecule has 0 unspecified atom stereocenters. The fraction of sp³-hybridized carbons (Fsp3) is 0.600. The molecule has 2 heterocycles. The molecule has 0 atom stereocenters. The molecule has 1 saturated carbocycles. The second-order valence-corrected chi connectivity index (χ2v) is 6.68. The van der Waals surface area contributed by atoms with E-state index in [1.807, 2.05) is 24.4 Å². The van der Waals surface area contributed by atoms with Crippen molar-refractivity contribution in [3.05, 3.63) is 24.4 Å². The van der Waals surface area contributed by atoms with Crippen LogP contribution in [0.15, 0.2) is 24.4 Å². The number of nitrogens with zero attached hydrogens (tertiary/aromatic N) is 3. The fourth-order valence-electron chi connectivity index (χ4n) is 2.72. The number of aliphatic hydroxyl groups is 1. The van der Waals surface area contributed by atoms with Crippen LogP contribution in [0.25, 0.3) is 5.65 Å². The highest BCUT2D eigenvalue weighted by Gasteiger charge is 2.36. The quantitative estimate of drug-likeness (QED) is 0.902. The van der Waals surface area contributed by atoms with E-state index < -0.39 is 5.60 Å². The number of aromatic nitrogens is 3. The number of hydrogen-bond donors (Lipinski definition) is 2. The molecule has 1 fully saturated rings. The van der Waals surface area contributed by atoms with Crippen LogP contribution in [0.4, 0.5) is 5.95 Å². The molecule has 20 heavy (non-hydrogen) atoms. The summed E-state index contributed by atoms with van der Waals surface area (Å²) in [7, 11) is 0. The lowest BCUT2D eigenvalue weighted by Crippen LogP contribution is -2.42. The minimum Gasteiger partial charge on any atom is -0.388 e. The SMILES string of the molecule is CC1(C)CCC(O)(CNc2nc3ccccn3n2)CC1. The number of anilines is 1. The highest BCUT2D eigenvalue weighted by molar-refractivity contribution is 5.42. The Bertz CT molecular complexity index is 562. The standard InChI is InChI=1S/C15H22N4O/c1-14(2)6-8-15(20,9-7-14)11-16-13-17-12-5-3-4-10-19(12)18-13/h3-5,10,20H,6-9,11H2,1-2H3,(H,16,18). The number of nitrogens with one attached hydrogen (secondary N) is 1. The molecule has 0 spiro atoms. The van der Waals surface area contributed by atoms with Gasteiger partial charge in [-0.3, -0.25) is 0 Å². The molecular formula is C15H22N4O. The summed E-state index contributed by atoms with van der Waals surface area (Å²) >= 11 is 0. The lowest BCUT2D eigenvalue weighted by Gasteiger charge is -2.40. The third kappa shape index (κ3) is 2.77. The van der Waals surface area contributed by atoms with Gasteiger partial charge in [-0.25, -0.2) is 4.52 Å². The Morgan fingerprint density at radius 2 is 2.00 bits per heavy atom. The van der Waals surface area contributed by atoms with Gasteiger partial charge in [0.2, 0.25) is 5.95 Å². The van der Waals surface area contributed by atoms with Gasteiger partial charge in [-0.15, -0.1) is 5.10 Å². The monoisotopic (exact) mass is 274 g/mol. The number of hydrogen-bond acceptors (Lipinski definition) is 4. The summed E-state index contributed by atoms with van der Waals surface area (Å²) in [4.78, 5) is 4.39. The first kappa shape index (κ1) is 13.4. The van der Waals surface area contributed by atoms with Gasteiger partial charge in [0.05, 0.1) is 5.60 Å². The smallest absolute Gasteiger partial charge is 0.243 e. The number of rotatable bonds is 3. The molecule has 108 valence electrons. The van der Waals surface area contributed by atoms with Crippen LogP contribution >= 0.6 is 0 Å². The van der Waals surface area contributed by atoms with Gasteiger partial charge in [-0.2, -0.15) is 4.98 Å². The van der Waals surface area contributed by atoms with E-state index in [1.54, 1.807) is 4.52 Å². The summed E-state index contributed by atoms with van der Waals surface area (Å²) < 4.78 is 1.73. The second-order valence-electron chi connectivity index (χ2n) is 6.68. The molecule has 2 aromatic rings. The largest absolute Gasteiger partial charge is 0.388 e. The third-order valence-corrected chi connectivity index (χ3v) is 4.35. The van der Waals surface area contributed by atoms with Crippen molar-refractivity contribution in [1.82, 2.24) is 14.6 Å². The van der Waals surface area contributed by atoms with E-state index in [0.29, 0.717) is 17.9 Å². The van der Waals surface area contributed by atoms with Gasteiger partial charge in [0.25, 0.3) is 0 Å². The highest BCUT2D eigenvalue weighted by Crippen LogP contribution is 2.40. The summed E-state index contributed by atoms with van der Waals surface area (Å²) in [6, 6.07) is 5.77. The Morgan fingerprint density at radius 1 is 1.25 bits per heavy atom. The van der Waals surface area contributed by atoms with Crippen molar-refractivity contribution in [2.75, 3.05) is 11.9 Å². The average molecular weight is 274 g/mol.